The number of benzene rings is 3. The summed E-state index contributed by atoms with van der Waals surface area (Å²) in [5.41, 5.74) is 0.830. The van der Waals surface area contributed by atoms with Gasteiger partial charge >= 0.3 is 0 Å². The predicted octanol–water partition coefficient (Wildman–Crippen LogP) is 5.16. The lowest BCUT2D eigenvalue weighted by Gasteiger charge is -2.09. The Morgan fingerprint density at radius 2 is 1.69 bits per heavy atom. The van der Waals surface area contributed by atoms with Crippen molar-refractivity contribution in [3.63, 3.8) is 0 Å². The van der Waals surface area contributed by atoms with Gasteiger partial charge in [0.05, 0.1) is 17.7 Å². The molecule has 0 N–H and O–H groups in total. The van der Waals surface area contributed by atoms with Gasteiger partial charge in [0.2, 0.25) is 15.4 Å². The van der Waals surface area contributed by atoms with E-state index >= 15 is 0 Å². The van der Waals surface area contributed by atoms with Crippen LogP contribution in [0.15, 0.2) is 98.1 Å². The van der Waals surface area contributed by atoms with E-state index in [-0.39, 0.29) is 15.3 Å². The molecule has 4 rings (SSSR count). The van der Waals surface area contributed by atoms with Crippen LogP contribution in [-0.2, 0) is 9.84 Å². The highest BCUT2D eigenvalue weighted by molar-refractivity contribution is 7.91. The van der Waals surface area contributed by atoms with Gasteiger partial charge in [0.25, 0.3) is 0 Å². The van der Waals surface area contributed by atoms with Crippen molar-refractivity contribution in [3.8, 4) is 5.75 Å². The number of ether oxygens (including phenoxy) is 1. The van der Waals surface area contributed by atoms with Gasteiger partial charge in [-0.15, -0.1) is 0 Å². The minimum absolute atomic E-state index is 0.0376. The Morgan fingerprint density at radius 3 is 2.41 bits per heavy atom. The molecule has 3 aromatic carbocycles. The molecule has 0 unspecified atom stereocenters. The summed E-state index contributed by atoms with van der Waals surface area (Å²) in [4.78, 5) is 4.55. The van der Waals surface area contributed by atoms with Crippen LogP contribution in [0.1, 0.15) is 0 Å². The highest BCUT2D eigenvalue weighted by Gasteiger charge is 2.23. The number of para-hydroxylation sites is 1. The molecule has 1 heterocycles. The SMILES string of the molecule is COc1cccc2cc(S(=O)(=O)c3ccccc3)c(=Nc3cccc(Cl)c3)oc12. The molecule has 0 amide bonds. The van der Waals surface area contributed by atoms with E-state index in [1.807, 2.05) is 0 Å². The van der Waals surface area contributed by atoms with Crippen LogP contribution in [0.25, 0.3) is 11.0 Å². The van der Waals surface area contributed by atoms with Crippen LogP contribution in [0.2, 0.25) is 5.02 Å². The fourth-order valence-electron chi connectivity index (χ4n) is 2.93. The number of nitrogens with zero attached hydrogens (tertiary/aromatic N) is 1. The van der Waals surface area contributed by atoms with E-state index in [9.17, 15) is 8.42 Å². The van der Waals surface area contributed by atoms with Gasteiger partial charge in [-0.2, -0.15) is 0 Å². The molecule has 0 fully saturated rings. The van der Waals surface area contributed by atoms with Crippen LogP contribution in [-0.4, -0.2) is 15.5 Å². The number of sulfone groups is 1. The lowest BCUT2D eigenvalue weighted by molar-refractivity contribution is 0.404. The lowest BCUT2D eigenvalue weighted by atomic mass is 10.2. The smallest absolute Gasteiger partial charge is 0.239 e. The second-order valence-electron chi connectivity index (χ2n) is 6.20. The second kappa shape index (κ2) is 7.73. The van der Waals surface area contributed by atoms with Crippen molar-refractivity contribution < 1.29 is 17.6 Å². The molecule has 0 aliphatic rings. The summed E-state index contributed by atoms with van der Waals surface area (Å²) in [5.74, 6) is 0.480. The third-order valence-corrected chi connectivity index (χ3v) is 6.31. The number of rotatable bonds is 4. The summed E-state index contributed by atoms with van der Waals surface area (Å²) in [5, 5.41) is 1.07. The molecule has 146 valence electrons. The zero-order chi connectivity index (χ0) is 20.4. The van der Waals surface area contributed by atoms with Gasteiger partial charge < -0.3 is 9.15 Å². The first kappa shape index (κ1) is 19.2. The van der Waals surface area contributed by atoms with Crippen LogP contribution in [0, 0.1) is 0 Å². The molecule has 0 aliphatic heterocycles. The summed E-state index contributed by atoms with van der Waals surface area (Å²) in [6, 6.07) is 21.8. The van der Waals surface area contributed by atoms with Crippen molar-refractivity contribution in [2.75, 3.05) is 7.11 Å². The van der Waals surface area contributed by atoms with Crippen molar-refractivity contribution in [3.05, 3.63) is 89.4 Å². The molecule has 0 radical (unpaired) electrons. The highest BCUT2D eigenvalue weighted by atomic mass is 35.5. The normalized spacial score (nSPS) is 12.3. The van der Waals surface area contributed by atoms with Gasteiger partial charge in [-0.25, -0.2) is 13.4 Å². The Labute approximate surface area is 172 Å². The zero-order valence-electron chi connectivity index (χ0n) is 15.4. The van der Waals surface area contributed by atoms with Gasteiger partial charge in [0.1, 0.15) is 4.90 Å². The van der Waals surface area contributed by atoms with E-state index < -0.39 is 9.84 Å². The Bertz CT molecular complexity index is 1360. The fraction of sp³-hybridized carbons (Fsp3) is 0.0455. The van der Waals surface area contributed by atoms with Gasteiger partial charge in [0.15, 0.2) is 11.3 Å². The summed E-state index contributed by atoms with van der Waals surface area (Å²) in [6.07, 6.45) is 0. The van der Waals surface area contributed by atoms with Crippen LogP contribution in [0.4, 0.5) is 5.69 Å². The Hall–Kier alpha value is -3.09. The largest absolute Gasteiger partial charge is 0.493 e. The van der Waals surface area contributed by atoms with E-state index in [1.165, 1.54) is 19.2 Å². The number of methoxy groups -OCH3 is 1. The van der Waals surface area contributed by atoms with Gasteiger partial charge in [-0.05, 0) is 42.5 Å². The first-order chi connectivity index (χ1) is 14.0. The van der Waals surface area contributed by atoms with Crippen LogP contribution in [0.3, 0.4) is 0 Å². The van der Waals surface area contributed by atoms with Crippen LogP contribution in [0.5, 0.6) is 5.75 Å². The average Bonchev–Trinajstić information content (AvgIpc) is 2.73. The van der Waals surface area contributed by atoms with E-state index in [4.69, 9.17) is 20.8 Å². The summed E-state index contributed by atoms with van der Waals surface area (Å²) >= 11 is 6.05. The average molecular weight is 426 g/mol. The third-order valence-electron chi connectivity index (χ3n) is 4.31. The van der Waals surface area contributed by atoms with Gasteiger partial charge in [-0.1, -0.05) is 48.0 Å². The molecular weight excluding hydrogens is 410 g/mol. The van der Waals surface area contributed by atoms with Gasteiger partial charge in [-0.3, -0.25) is 0 Å². The molecule has 0 saturated carbocycles. The van der Waals surface area contributed by atoms with E-state index in [2.05, 4.69) is 4.99 Å². The molecule has 0 bridgehead atoms. The molecule has 29 heavy (non-hydrogen) atoms. The first-order valence-corrected chi connectivity index (χ1v) is 10.6. The van der Waals surface area contributed by atoms with Crippen molar-refractivity contribution in [1.29, 1.82) is 0 Å². The summed E-state index contributed by atoms with van der Waals surface area (Å²) in [7, 11) is -2.35. The van der Waals surface area contributed by atoms with Gasteiger partial charge in [0, 0.05) is 10.4 Å². The standard InChI is InChI=1S/C22H16ClNO4S/c1-27-19-12-5-7-15-13-20(29(25,26)18-10-3-2-4-11-18)22(28-21(15)19)24-17-9-6-8-16(23)14-17/h2-14H,1H3. The summed E-state index contributed by atoms with van der Waals surface area (Å²) < 4.78 is 38.0. The molecule has 4 aromatic rings. The van der Waals surface area contributed by atoms with E-state index in [1.54, 1.807) is 66.7 Å². The number of halogens is 1. The van der Waals surface area contributed by atoms with Crippen molar-refractivity contribution in [2.45, 2.75) is 9.79 Å². The minimum Gasteiger partial charge on any atom is -0.493 e. The Morgan fingerprint density at radius 1 is 0.931 bits per heavy atom. The maximum absolute atomic E-state index is 13.3. The maximum atomic E-state index is 13.3. The maximum Gasteiger partial charge on any atom is 0.239 e. The molecule has 1 aromatic heterocycles. The third kappa shape index (κ3) is 3.77. The highest BCUT2D eigenvalue weighted by Crippen LogP contribution is 2.28. The minimum atomic E-state index is -3.87. The lowest BCUT2D eigenvalue weighted by Crippen LogP contribution is -2.16. The molecule has 5 nitrogen and oxygen atoms in total. The topological polar surface area (TPSA) is 68.9 Å². The quantitative estimate of drug-likeness (QED) is 0.453. The fourth-order valence-corrected chi connectivity index (χ4v) is 4.48. The Balaban J connectivity index is 2.07. The molecule has 0 saturated heterocycles. The van der Waals surface area contributed by atoms with E-state index in [0.29, 0.717) is 27.4 Å². The predicted molar refractivity (Wildman–Crippen MR) is 111 cm³/mol. The van der Waals surface area contributed by atoms with Crippen LogP contribution < -0.4 is 10.3 Å². The van der Waals surface area contributed by atoms with Crippen molar-refractivity contribution in [2.24, 2.45) is 4.99 Å². The molecular formula is C22H16ClNO4S. The number of hydrogen-bond donors (Lipinski definition) is 0. The second-order valence-corrected chi connectivity index (χ2v) is 8.56. The van der Waals surface area contributed by atoms with E-state index in [0.717, 1.165) is 0 Å². The first-order valence-electron chi connectivity index (χ1n) is 8.70. The van der Waals surface area contributed by atoms with Crippen molar-refractivity contribution >= 4 is 38.1 Å². The Kier molecular flexibility index (Phi) is 5.13. The number of fused-ring (bicyclic) bond motifs is 1. The van der Waals surface area contributed by atoms with Crippen LogP contribution >= 0.6 is 11.6 Å². The van der Waals surface area contributed by atoms with Crippen molar-refractivity contribution in [1.82, 2.24) is 0 Å². The molecule has 0 atom stereocenters. The monoisotopic (exact) mass is 425 g/mol. The molecule has 7 heteroatoms. The summed E-state index contributed by atoms with van der Waals surface area (Å²) in [6.45, 7) is 0. The molecule has 0 spiro atoms. The molecule has 0 aliphatic carbocycles. The zero-order valence-corrected chi connectivity index (χ0v) is 16.9. The number of hydrogen-bond acceptors (Lipinski definition) is 5.